The van der Waals surface area contributed by atoms with Gasteiger partial charge in [0.2, 0.25) is 0 Å². The first-order valence-corrected chi connectivity index (χ1v) is 4.52. The van der Waals surface area contributed by atoms with Gasteiger partial charge in [-0.3, -0.25) is 4.79 Å². The fourth-order valence-electron chi connectivity index (χ4n) is 1.68. The maximum absolute atomic E-state index is 11.6. The lowest BCUT2D eigenvalue weighted by atomic mass is 10.1. The molecular weight excluding hydrogens is 176 g/mol. The highest BCUT2D eigenvalue weighted by molar-refractivity contribution is 6.02. The van der Waals surface area contributed by atoms with Crippen LogP contribution in [0.15, 0.2) is 30.6 Å². The minimum absolute atomic E-state index is 0.0313. The second-order valence-electron chi connectivity index (χ2n) is 3.26. The molecule has 0 radical (unpaired) electrons. The Morgan fingerprint density at radius 1 is 1.43 bits per heavy atom. The van der Waals surface area contributed by atoms with Gasteiger partial charge in [0.1, 0.15) is 0 Å². The molecule has 14 heavy (non-hydrogen) atoms. The number of nitrogens with zero attached hydrogens (tertiary/aromatic N) is 1. The van der Waals surface area contributed by atoms with Crippen molar-refractivity contribution in [1.82, 2.24) is 9.72 Å². The van der Waals surface area contributed by atoms with E-state index in [4.69, 9.17) is 0 Å². The van der Waals surface area contributed by atoms with Crippen molar-refractivity contribution in [2.45, 2.75) is 6.92 Å². The van der Waals surface area contributed by atoms with Gasteiger partial charge in [-0.05, 0) is 24.6 Å². The fourth-order valence-corrected chi connectivity index (χ4v) is 1.68. The molecule has 0 aliphatic heterocycles. The van der Waals surface area contributed by atoms with Crippen molar-refractivity contribution >= 4 is 11.4 Å². The molecule has 0 spiro atoms. The average molecular weight is 188 g/mol. The lowest BCUT2D eigenvalue weighted by Crippen LogP contribution is -2.18. The lowest BCUT2D eigenvalue weighted by molar-refractivity contribution is 0.0964. The van der Waals surface area contributed by atoms with Gasteiger partial charge < -0.3 is 9.72 Å². The Morgan fingerprint density at radius 2 is 2.21 bits per heavy atom. The molecular formula is C11H12N2O. The molecule has 0 saturated heterocycles. The van der Waals surface area contributed by atoms with Crippen LogP contribution in [-0.4, -0.2) is 17.4 Å². The van der Waals surface area contributed by atoms with E-state index in [1.165, 1.54) is 0 Å². The summed E-state index contributed by atoms with van der Waals surface area (Å²) in [6.45, 7) is 1.94. The van der Waals surface area contributed by atoms with E-state index in [1.807, 2.05) is 41.9 Å². The fraction of sp³-hybridized carbons (Fsp3) is 0.182. The van der Waals surface area contributed by atoms with Gasteiger partial charge in [-0.15, -0.1) is 0 Å². The third-order valence-corrected chi connectivity index (χ3v) is 2.33. The lowest BCUT2D eigenvalue weighted by Gasteiger charge is -1.99. The predicted molar refractivity (Wildman–Crippen MR) is 55.5 cm³/mol. The second kappa shape index (κ2) is 3.18. The Balaban J connectivity index is 2.74. The Labute approximate surface area is 82.4 Å². The maximum atomic E-state index is 11.6. The van der Waals surface area contributed by atoms with Crippen molar-refractivity contribution in [2.75, 3.05) is 7.05 Å². The van der Waals surface area contributed by atoms with Gasteiger partial charge in [-0.1, -0.05) is 6.07 Å². The van der Waals surface area contributed by atoms with Gasteiger partial charge >= 0.3 is 0 Å². The van der Waals surface area contributed by atoms with Crippen LogP contribution in [0.3, 0.4) is 0 Å². The van der Waals surface area contributed by atoms with Gasteiger partial charge in [0.15, 0.2) is 0 Å². The van der Waals surface area contributed by atoms with Crippen LogP contribution < -0.4 is 5.32 Å². The smallest absolute Gasteiger partial charge is 0.253 e. The van der Waals surface area contributed by atoms with Crippen molar-refractivity contribution in [1.29, 1.82) is 0 Å². The molecule has 72 valence electrons. The molecule has 0 saturated carbocycles. The zero-order valence-corrected chi connectivity index (χ0v) is 8.24. The zero-order chi connectivity index (χ0) is 10.1. The summed E-state index contributed by atoms with van der Waals surface area (Å²) in [7, 11) is 1.65. The average Bonchev–Trinajstić information content (AvgIpc) is 2.53. The monoisotopic (exact) mass is 188 g/mol. The molecule has 2 rings (SSSR count). The summed E-state index contributed by atoms with van der Waals surface area (Å²) in [5.74, 6) is -0.0313. The topological polar surface area (TPSA) is 33.5 Å². The molecule has 2 aromatic rings. The van der Waals surface area contributed by atoms with E-state index in [0.29, 0.717) is 0 Å². The summed E-state index contributed by atoms with van der Waals surface area (Å²) in [5, 5.41) is 2.65. The van der Waals surface area contributed by atoms with Crippen molar-refractivity contribution in [3.63, 3.8) is 0 Å². The molecule has 0 aromatic carbocycles. The molecule has 2 heterocycles. The SMILES string of the molecule is CNC(=O)c1c(C)cn2ccccc12. The predicted octanol–water partition coefficient (Wildman–Crippen LogP) is 1.61. The highest BCUT2D eigenvalue weighted by Crippen LogP contribution is 2.17. The zero-order valence-electron chi connectivity index (χ0n) is 8.24. The molecule has 0 unspecified atom stereocenters. The van der Waals surface area contributed by atoms with Crippen LogP contribution in [-0.2, 0) is 0 Å². The van der Waals surface area contributed by atoms with Crippen molar-refractivity contribution in [2.24, 2.45) is 0 Å². The number of hydrogen-bond acceptors (Lipinski definition) is 1. The van der Waals surface area contributed by atoms with Crippen LogP contribution in [0.25, 0.3) is 5.52 Å². The number of carbonyl (C=O) groups excluding carboxylic acids is 1. The highest BCUT2D eigenvalue weighted by atomic mass is 16.1. The molecule has 0 fully saturated rings. The van der Waals surface area contributed by atoms with Crippen LogP contribution in [0.1, 0.15) is 15.9 Å². The van der Waals surface area contributed by atoms with E-state index in [9.17, 15) is 4.79 Å². The standard InChI is InChI=1S/C11H12N2O/c1-8-7-13-6-4-3-5-9(13)10(8)11(14)12-2/h3-7H,1-2H3,(H,12,14). The molecule has 0 bridgehead atoms. The van der Waals surface area contributed by atoms with Crippen molar-refractivity contribution in [3.05, 3.63) is 41.7 Å². The third kappa shape index (κ3) is 1.18. The third-order valence-electron chi connectivity index (χ3n) is 2.33. The Kier molecular flexibility index (Phi) is 2.00. The van der Waals surface area contributed by atoms with Gasteiger partial charge in [-0.25, -0.2) is 0 Å². The minimum atomic E-state index is -0.0313. The van der Waals surface area contributed by atoms with E-state index in [1.54, 1.807) is 7.05 Å². The van der Waals surface area contributed by atoms with Crippen molar-refractivity contribution < 1.29 is 4.79 Å². The number of pyridine rings is 1. The van der Waals surface area contributed by atoms with Gasteiger partial charge in [0, 0.05) is 19.4 Å². The normalized spacial score (nSPS) is 10.4. The quantitative estimate of drug-likeness (QED) is 0.724. The molecule has 0 aliphatic carbocycles. The molecule has 2 aromatic heterocycles. The first kappa shape index (κ1) is 8.81. The van der Waals surface area contributed by atoms with E-state index < -0.39 is 0 Å². The van der Waals surface area contributed by atoms with E-state index in [2.05, 4.69) is 5.32 Å². The number of nitrogens with one attached hydrogen (secondary N) is 1. The molecule has 0 atom stereocenters. The number of carbonyl (C=O) groups is 1. The highest BCUT2D eigenvalue weighted by Gasteiger charge is 2.12. The molecule has 0 aliphatic rings. The van der Waals surface area contributed by atoms with Gasteiger partial charge in [-0.2, -0.15) is 0 Å². The van der Waals surface area contributed by atoms with E-state index in [-0.39, 0.29) is 5.91 Å². The summed E-state index contributed by atoms with van der Waals surface area (Å²) in [6, 6.07) is 5.82. The van der Waals surface area contributed by atoms with Crippen LogP contribution in [0.2, 0.25) is 0 Å². The molecule has 1 amide bonds. The largest absolute Gasteiger partial charge is 0.355 e. The Bertz CT molecular complexity index is 485. The second-order valence-corrected chi connectivity index (χ2v) is 3.26. The Morgan fingerprint density at radius 3 is 2.93 bits per heavy atom. The Hall–Kier alpha value is -1.77. The number of amides is 1. The number of rotatable bonds is 1. The van der Waals surface area contributed by atoms with Gasteiger partial charge in [0.05, 0.1) is 11.1 Å². The van der Waals surface area contributed by atoms with E-state index in [0.717, 1.165) is 16.6 Å². The van der Waals surface area contributed by atoms with E-state index >= 15 is 0 Å². The first-order chi connectivity index (χ1) is 6.74. The van der Waals surface area contributed by atoms with Crippen LogP contribution in [0.5, 0.6) is 0 Å². The number of aryl methyl sites for hydroxylation is 1. The maximum Gasteiger partial charge on any atom is 0.253 e. The summed E-state index contributed by atoms with van der Waals surface area (Å²) in [4.78, 5) is 11.6. The minimum Gasteiger partial charge on any atom is -0.355 e. The number of fused-ring (bicyclic) bond motifs is 1. The molecule has 3 heteroatoms. The summed E-state index contributed by atoms with van der Waals surface area (Å²) in [6.07, 6.45) is 3.90. The van der Waals surface area contributed by atoms with Gasteiger partial charge in [0.25, 0.3) is 5.91 Å². The molecule has 1 N–H and O–H groups in total. The van der Waals surface area contributed by atoms with Crippen LogP contribution in [0.4, 0.5) is 0 Å². The summed E-state index contributed by atoms with van der Waals surface area (Å²) in [5.41, 5.74) is 2.70. The summed E-state index contributed by atoms with van der Waals surface area (Å²) >= 11 is 0. The number of hydrogen-bond donors (Lipinski definition) is 1. The van der Waals surface area contributed by atoms with Crippen molar-refractivity contribution in [3.8, 4) is 0 Å². The molecule has 3 nitrogen and oxygen atoms in total. The number of aromatic nitrogens is 1. The van der Waals surface area contributed by atoms with Crippen LogP contribution >= 0.6 is 0 Å². The van der Waals surface area contributed by atoms with Crippen LogP contribution in [0, 0.1) is 6.92 Å². The first-order valence-electron chi connectivity index (χ1n) is 4.52. The summed E-state index contributed by atoms with van der Waals surface area (Å²) < 4.78 is 1.96.